The summed E-state index contributed by atoms with van der Waals surface area (Å²) < 4.78 is 13.5. The third-order valence-electron chi connectivity index (χ3n) is 10.7. The molecule has 0 aliphatic heterocycles. The van der Waals surface area contributed by atoms with Gasteiger partial charge in [0.25, 0.3) is 0 Å². The van der Waals surface area contributed by atoms with Crippen LogP contribution in [-0.2, 0) is 16.1 Å². The van der Waals surface area contributed by atoms with Crippen molar-refractivity contribution in [1.82, 2.24) is 9.78 Å². The molecule has 190 valence electrons. The number of nitrogens with zero attached hydrogens (tertiary/aromatic N) is 2. The van der Waals surface area contributed by atoms with E-state index in [9.17, 15) is 4.79 Å². The van der Waals surface area contributed by atoms with E-state index in [0.29, 0.717) is 23.7 Å². The van der Waals surface area contributed by atoms with E-state index in [-0.39, 0.29) is 17.4 Å². The van der Waals surface area contributed by atoms with Crippen molar-refractivity contribution in [2.24, 2.45) is 46.3 Å². The second-order valence-electron chi connectivity index (χ2n) is 12.9. The molecule has 4 fully saturated rings. The minimum absolute atomic E-state index is 0.113. The number of methoxy groups -OCH3 is 1. The number of Topliss-reactive ketones (excluding diaryl/α,β-unsaturated/α-hetero) is 1. The summed E-state index contributed by atoms with van der Waals surface area (Å²) in [5.41, 5.74) is 0.529. The van der Waals surface area contributed by atoms with Gasteiger partial charge in [-0.2, -0.15) is 5.10 Å². The Morgan fingerprint density at radius 1 is 1.15 bits per heavy atom. The van der Waals surface area contributed by atoms with E-state index in [4.69, 9.17) is 9.47 Å². The van der Waals surface area contributed by atoms with Gasteiger partial charge in [0.15, 0.2) is 11.5 Å². The third kappa shape index (κ3) is 4.04. The average molecular weight is 471 g/mol. The molecule has 4 aliphatic carbocycles. The molecule has 1 heterocycles. The van der Waals surface area contributed by atoms with Crippen LogP contribution in [-0.4, -0.2) is 35.4 Å². The van der Waals surface area contributed by atoms with E-state index in [1.807, 2.05) is 27.2 Å². The third-order valence-corrected chi connectivity index (χ3v) is 10.7. The minimum atomic E-state index is 0.113. The van der Waals surface area contributed by atoms with E-state index >= 15 is 0 Å². The molecule has 0 radical (unpaired) electrons. The van der Waals surface area contributed by atoms with E-state index < -0.39 is 0 Å². The SMILES string of the molecule is COCC12CCC(C)CC1CCC1C3CCC(C(=O)Cn4cc(OC(C)C)cn4)C3(C)CCC12. The molecule has 34 heavy (non-hydrogen) atoms. The van der Waals surface area contributed by atoms with Gasteiger partial charge in [-0.15, -0.1) is 0 Å². The van der Waals surface area contributed by atoms with Crippen LogP contribution >= 0.6 is 0 Å². The van der Waals surface area contributed by atoms with E-state index in [2.05, 4.69) is 18.9 Å². The van der Waals surface area contributed by atoms with Gasteiger partial charge in [0.2, 0.25) is 0 Å². The molecule has 0 spiro atoms. The molecule has 8 atom stereocenters. The first-order chi connectivity index (χ1) is 16.3. The summed E-state index contributed by atoms with van der Waals surface area (Å²) in [5.74, 6) is 5.23. The first kappa shape index (κ1) is 24.3. The number of carbonyl (C=O) groups is 1. The maximum absolute atomic E-state index is 13.6. The molecular weight excluding hydrogens is 424 g/mol. The van der Waals surface area contributed by atoms with Crippen molar-refractivity contribution in [2.45, 2.75) is 98.1 Å². The summed E-state index contributed by atoms with van der Waals surface area (Å²) in [6.07, 6.45) is 15.3. The fraction of sp³-hybridized carbons (Fsp3) is 0.862. The zero-order chi connectivity index (χ0) is 24.1. The van der Waals surface area contributed by atoms with Gasteiger partial charge < -0.3 is 9.47 Å². The lowest BCUT2D eigenvalue weighted by Gasteiger charge is -2.61. The highest BCUT2D eigenvalue weighted by molar-refractivity contribution is 5.82. The Hall–Kier alpha value is -1.36. The summed E-state index contributed by atoms with van der Waals surface area (Å²) in [4.78, 5) is 13.6. The average Bonchev–Trinajstić information content (AvgIpc) is 3.37. The molecule has 1 aromatic heterocycles. The number of ketones is 1. The molecule has 5 heteroatoms. The van der Waals surface area contributed by atoms with Gasteiger partial charge in [0, 0.05) is 13.0 Å². The van der Waals surface area contributed by atoms with Crippen molar-refractivity contribution in [3.05, 3.63) is 12.4 Å². The molecule has 4 saturated carbocycles. The van der Waals surface area contributed by atoms with Crippen LogP contribution in [0.2, 0.25) is 0 Å². The Balaban J connectivity index is 1.32. The normalized spacial score (nSPS) is 41.6. The minimum Gasteiger partial charge on any atom is -0.488 e. The number of hydrogen-bond acceptors (Lipinski definition) is 4. The molecule has 0 aromatic carbocycles. The fourth-order valence-electron chi connectivity index (χ4n) is 9.38. The number of rotatable bonds is 7. The zero-order valence-electron chi connectivity index (χ0n) is 22.1. The topological polar surface area (TPSA) is 53.4 Å². The van der Waals surface area contributed by atoms with Crippen molar-refractivity contribution in [2.75, 3.05) is 13.7 Å². The summed E-state index contributed by atoms with van der Waals surface area (Å²) in [6.45, 7) is 10.2. The van der Waals surface area contributed by atoms with Crippen molar-refractivity contribution in [3.63, 3.8) is 0 Å². The van der Waals surface area contributed by atoms with Crippen LogP contribution in [0.25, 0.3) is 0 Å². The quantitative estimate of drug-likeness (QED) is 0.479. The lowest BCUT2D eigenvalue weighted by Crippen LogP contribution is -2.56. The lowest BCUT2D eigenvalue weighted by atomic mass is 9.44. The summed E-state index contributed by atoms with van der Waals surface area (Å²) in [7, 11) is 1.91. The number of hydrogen-bond donors (Lipinski definition) is 0. The van der Waals surface area contributed by atoms with Crippen LogP contribution in [0.5, 0.6) is 5.75 Å². The van der Waals surface area contributed by atoms with Crippen molar-refractivity contribution < 1.29 is 14.3 Å². The molecule has 0 saturated heterocycles. The number of ether oxygens (including phenoxy) is 2. The van der Waals surface area contributed by atoms with Gasteiger partial charge in [0.1, 0.15) is 0 Å². The van der Waals surface area contributed by atoms with Crippen molar-refractivity contribution >= 4 is 5.78 Å². The summed E-state index contributed by atoms with van der Waals surface area (Å²) >= 11 is 0. The Morgan fingerprint density at radius 3 is 2.74 bits per heavy atom. The highest BCUT2D eigenvalue weighted by Crippen LogP contribution is 2.68. The van der Waals surface area contributed by atoms with Crippen LogP contribution in [0.15, 0.2) is 12.4 Å². The first-order valence-electron chi connectivity index (χ1n) is 14.0. The predicted molar refractivity (Wildman–Crippen MR) is 134 cm³/mol. The highest BCUT2D eigenvalue weighted by Gasteiger charge is 2.62. The van der Waals surface area contributed by atoms with Gasteiger partial charge in [-0.05, 0) is 106 Å². The molecule has 0 amide bonds. The maximum atomic E-state index is 13.6. The van der Waals surface area contributed by atoms with Gasteiger partial charge >= 0.3 is 0 Å². The van der Waals surface area contributed by atoms with Crippen LogP contribution in [0.4, 0.5) is 0 Å². The van der Waals surface area contributed by atoms with Crippen molar-refractivity contribution in [1.29, 1.82) is 0 Å². The molecule has 1 aromatic rings. The highest BCUT2D eigenvalue weighted by atomic mass is 16.5. The molecule has 0 bridgehead atoms. The van der Waals surface area contributed by atoms with Gasteiger partial charge in [0.05, 0.1) is 31.6 Å². The standard InChI is InChI=1S/C29H46N2O3/c1-19(2)34-22-15-30-31(16-22)17-27(32)26-9-8-24-23-7-6-21-14-20(3)10-13-29(21,18-33-5)25(23)11-12-28(24,26)4/h15-16,19-21,23-26H,6-14,17-18H2,1-5H3. The second kappa shape index (κ2) is 9.26. The van der Waals surface area contributed by atoms with Crippen LogP contribution in [0.1, 0.15) is 85.5 Å². The maximum Gasteiger partial charge on any atom is 0.157 e. The monoisotopic (exact) mass is 470 g/mol. The molecule has 0 N–H and O–H groups in total. The van der Waals surface area contributed by atoms with Gasteiger partial charge in [-0.1, -0.05) is 20.3 Å². The molecule has 5 rings (SSSR count). The number of carbonyl (C=O) groups excluding carboxylic acids is 1. The summed E-state index contributed by atoms with van der Waals surface area (Å²) in [5, 5.41) is 4.41. The molecular formula is C29H46N2O3. The van der Waals surface area contributed by atoms with Crippen molar-refractivity contribution in [3.8, 4) is 5.75 Å². The van der Waals surface area contributed by atoms with Crippen LogP contribution in [0, 0.1) is 46.3 Å². The predicted octanol–water partition coefficient (Wildman–Crippen LogP) is 6.16. The molecule has 8 unspecified atom stereocenters. The van der Waals surface area contributed by atoms with E-state index in [1.165, 1.54) is 51.4 Å². The van der Waals surface area contributed by atoms with Gasteiger partial charge in [-0.25, -0.2) is 0 Å². The van der Waals surface area contributed by atoms with E-state index in [0.717, 1.165) is 42.4 Å². The lowest BCUT2D eigenvalue weighted by molar-refractivity contribution is -0.154. The van der Waals surface area contributed by atoms with Gasteiger partial charge in [-0.3, -0.25) is 9.48 Å². The first-order valence-corrected chi connectivity index (χ1v) is 14.0. The Bertz CT molecular complexity index is 880. The largest absolute Gasteiger partial charge is 0.488 e. The summed E-state index contributed by atoms with van der Waals surface area (Å²) in [6, 6.07) is 0. The zero-order valence-corrected chi connectivity index (χ0v) is 22.1. The second-order valence-corrected chi connectivity index (χ2v) is 12.9. The fourth-order valence-corrected chi connectivity index (χ4v) is 9.38. The Kier molecular flexibility index (Phi) is 6.63. The van der Waals surface area contributed by atoms with Crippen LogP contribution < -0.4 is 4.74 Å². The Labute approximate surface area is 206 Å². The smallest absolute Gasteiger partial charge is 0.157 e. The number of fused-ring (bicyclic) bond motifs is 5. The molecule has 4 aliphatic rings. The van der Waals surface area contributed by atoms with E-state index in [1.54, 1.807) is 10.9 Å². The number of aromatic nitrogens is 2. The Morgan fingerprint density at radius 2 is 1.97 bits per heavy atom. The van der Waals surface area contributed by atoms with Crippen LogP contribution in [0.3, 0.4) is 0 Å². The molecule has 5 nitrogen and oxygen atoms in total.